The lowest BCUT2D eigenvalue weighted by Crippen LogP contribution is -2.17. The average Bonchev–Trinajstić information content (AvgIpc) is 3.60. The largest absolute Gasteiger partial charge is 0.310 e. The van der Waals surface area contributed by atoms with Crippen molar-refractivity contribution in [2.75, 3.05) is 4.90 Å². The summed E-state index contributed by atoms with van der Waals surface area (Å²) in [5.41, 5.74) is 21.9. The molecule has 13 rings (SSSR count). The van der Waals surface area contributed by atoms with E-state index in [9.17, 15) is 0 Å². The number of fused-ring (bicyclic) bond motifs is 3. The van der Waals surface area contributed by atoms with Gasteiger partial charge in [0.15, 0.2) is 0 Å². The van der Waals surface area contributed by atoms with Crippen LogP contribution in [0.5, 0.6) is 0 Å². The van der Waals surface area contributed by atoms with E-state index in [-0.39, 0.29) is 21.7 Å². The van der Waals surface area contributed by atoms with Crippen LogP contribution in [0.2, 0.25) is 0 Å². The lowest BCUT2D eigenvalue weighted by Gasteiger charge is -2.32. The van der Waals surface area contributed by atoms with Crippen molar-refractivity contribution in [1.29, 1.82) is 0 Å². The third-order valence-electron chi connectivity index (χ3n) is 17.3. The van der Waals surface area contributed by atoms with E-state index in [1.807, 2.05) is 0 Å². The van der Waals surface area contributed by atoms with E-state index in [4.69, 9.17) is 0 Å². The van der Waals surface area contributed by atoms with Gasteiger partial charge in [-0.05, 0) is 171 Å². The first-order valence-electron chi connectivity index (χ1n) is 29.4. The summed E-state index contributed by atoms with van der Waals surface area (Å²) in [4.78, 5) is 2.55. The Hall–Kier alpha value is -8.72. The van der Waals surface area contributed by atoms with Gasteiger partial charge in [0.1, 0.15) is 0 Å². The zero-order chi connectivity index (χ0) is 57.0. The molecule has 13 aromatic rings. The maximum Gasteiger partial charge on any atom is 0.0541 e. The first-order valence-corrected chi connectivity index (χ1v) is 29.4. The van der Waals surface area contributed by atoms with Crippen LogP contribution >= 0.6 is 0 Å². The monoisotopic (exact) mass is 1060 g/mol. The number of rotatable bonds is 8. The molecule has 0 amide bonds. The number of hydrogen-bond acceptors (Lipinski definition) is 1. The van der Waals surface area contributed by atoms with Gasteiger partial charge < -0.3 is 9.47 Å². The lowest BCUT2D eigenvalue weighted by molar-refractivity contribution is 0.590. The maximum atomic E-state index is 2.55. The van der Waals surface area contributed by atoms with Gasteiger partial charge in [-0.2, -0.15) is 0 Å². The molecular weight excluding hydrogens is 989 g/mol. The highest BCUT2D eigenvalue weighted by molar-refractivity contribution is 6.27. The van der Waals surface area contributed by atoms with Crippen LogP contribution in [0.3, 0.4) is 0 Å². The highest BCUT2D eigenvalue weighted by Gasteiger charge is 2.27. The number of anilines is 3. The van der Waals surface area contributed by atoms with E-state index in [0.717, 1.165) is 17.1 Å². The van der Waals surface area contributed by atoms with Crippen molar-refractivity contribution in [2.45, 2.75) is 105 Å². The van der Waals surface area contributed by atoms with Crippen LogP contribution in [0.25, 0.3) is 104 Å². The topological polar surface area (TPSA) is 8.17 Å². The van der Waals surface area contributed by atoms with Crippen LogP contribution in [0.15, 0.2) is 231 Å². The second-order valence-corrected chi connectivity index (χ2v) is 27.1. The van der Waals surface area contributed by atoms with E-state index >= 15 is 0 Å². The van der Waals surface area contributed by atoms with Crippen molar-refractivity contribution in [3.63, 3.8) is 0 Å². The molecule has 0 aliphatic heterocycles. The highest BCUT2D eigenvalue weighted by Crippen LogP contribution is 2.49. The molecular formula is C80H74N2. The Balaban J connectivity index is 1.05. The molecule has 1 aromatic heterocycles. The smallest absolute Gasteiger partial charge is 0.0541 e. The van der Waals surface area contributed by atoms with Crippen molar-refractivity contribution >= 4 is 71.2 Å². The molecule has 0 N–H and O–H groups in total. The highest BCUT2D eigenvalue weighted by atomic mass is 15.1. The van der Waals surface area contributed by atoms with Crippen molar-refractivity contribution in [2.24, 2.45) is 0 Å². The van der Waals surface area contributed by atoms with Gasteiger partial charge in [-0.3, -0.25) is 0 Å². The standard InChI is InChI=1S/C80H74N2/c1-77(2,3)60-33-23-52(24-34-60)57-31-43-73-68(47-57)69-48-58(53-25-35-61(36-26-53)78(4,5)6)32-44-74(69)82(73)72-42-30-56-27-38-66-71(41-29-55-28-39-67(72)76(56)75(55)66)81(63-37-40-65(54-21-17-14-18-22-54)70(50-63)80(10,11)12)64-46-59(51-19-15-13-16-20-51)45-62(49-64)79(7,8)9/h13-50H,1-12H3. The molecule has 0 unspecified atom stereocenters. The van der Waals surface area contributed by atoms with Gasteiger partial charge in [-0.15, -0.1) is 0 Å². The lowest BCUT2D eigenvalue weighted by atomic mass is 9.81. The maximum absolute atomic E-state index is 2.55. The Labute approximate surface area is 485 Å². The summed E-state index contributed by atoms with van der Waals surface area (Å²) in [6.45, 7) is 27.7. The van der Waals surface area contributed by atoms with E-state index in [1.54, 1.807) is 0 Å². The van der Waals surface area contributed by atoms with Crippen LogP contribution in [0, 0.1) is 0 Å². The van der Waals surface area contributed by atoms with Gasteiger partial charge in [-0.25, -0.2) is 0 Å². The summed E-state index contributed by atoms with van der Waals surface area (Å²) in [5.74, 6) is 0. The molecule has 0 saturated heterocycles. The molecule has 0 fully saturated rings. The molecule has 404 valence electrons. The summed E-state index contributed by atoms with van der Waals surface area (Å²) in [6.07, 6.45) is 0. The second-order valence-electron chi connectivity index (χ2n) is 27.1. The number of aromatic nitrogens is 1. The van der Waals surface area contributed by atoms with Crippen molar-refractivity contribution in [3.8, 4) is 50.2 Å². The van der Waals surface area contributed by atoms with Gasteiger partial charge in [0.2, 0.25) is 0 Å². The molecule has 0 atom stereocenters. The minimum Gasteiger partial charge on any atom is -0.310 e. The molecule has 0 spiro atoms. The minimum absolute atomic E-state index is 0.0783. The summed E-state index contributed by atoms with van der Waals surface area (Å²) < 4.78 is 2.54. The first kappa shape index (κ1) is 52.6. The molecule has 1 heterocycles. The quantitative estimate of drug-likeness (QED) is 0.138. The fourth-order valence-corrected chi connectivity index (χ4v) is 12.7. The molecule has 0 bridgehead atoms. The number of hydrogen-bond donors (Lipinski definition) is 0. The van der Waals surface area contributed by atoms with E-state index in [1.165, 1.54) is 127 Å². The van der Waals surface area contributed by atoms with Gasteiger partial charge >= 0.3 is 0 Å². The Bertz CT molecular complexity index is 4430. The zero-order valence-corrected chi connectivity index (χ0v) is 49.8. The SMILES string of the molecule is CC(C)(C)c1ccc(-c2ccc3c(c2)c2cc(-c4ccc(C(C)(C)C)cc4)ccc2n3-c2ccc3ccc4c(N(c5cc(-c6ccccc6)cc(C(C)(C)C)c5)c5ccc(-c6ccccc6)c(C(C)(C)C)c5)ccc5ccc2c3c54)cc1. The molecule has 12 aromatic carbocycles. The Morgan fingerprint density at radius 2 is 0.768 bits per heavy atom. The Morgan fingerprint density at radius 3 is 1.30 bits per heavy atom. The molecule has 0 radical (unpaired) electrons. The van der Waals surface area contributed by atoms with Crippen LogP contribution in [-0.4, -0.2) is 4.57 Å². The third-order valence-corrected chi connectivity index (χ3v) is 17.3. The van der Waals surface area contributed by atoms with Crippen molar-refractivity contribution in [3.05, 3.63) is 253 Å². The fourth-order valence-electron chi connectivity index (χ4n) is 12.7. The van der Waals surface area contributed by atoms with Crippen LogP contribution in [-0.2, 0) is 21.7 Å². The number of benzene rings is 12. The van der Waals surface area contributed by atoms with Gasteiger partial charge in [0, 0.05) is 32.9 Å². The van der Waals surface area contributed by atoms with Gasteiger partial charge in [-0.1, -0.05) is 253 Å². The predicted molar refractivity (Wildman–Crippen MR) is 356 cm³/mol. The average molecular weight is 1060 g/mol. The van der Waals surface area contributed by atoms with Crippen LogP contribution in [0.1, 0.15) is 105 Å². The Kier molecular flexibility index (Phi) is 12.5. The fraction of sp³-hybridized carbons (Fsp3) is 0.200. The van der Waals surface area contributed by atoms with Gasteiger partial charge in [0.05, 0.1) is 22.4 Å². The minimum atomic E-state index is -0.139. The zero-order valence-electron chi connectivity index (χ0n) is 49.8. The summed E-state index contributed by atoms with van der Waals surface area (Å²) in [6, 6.07) is 87.7. The van der Waals surface area contributed by atoms with Crippen molar-refractivity contribution in [1.82, 2.24) is 4.57 Å². The normalized spacial score (nSPS) is 12.6. The van der Waals surface area contributed by atoms with Gasteiger partial charge in [0.25, 0.3) is 0 Å². The van der Waals surface area contributed by atoms with E-state index < -0.39 is 0 Å². The van der Waals surface area contributed by atoms with E-state index in [0.29, 0.717) is 0 Å². The molecule has 82 heavy (non-hydrogen) atoms. The summed E-state index contributed by atoms with van der Waals surface area (Å²) in [5, 5.41) is 9.92. The van der Waals surface area contributed by atoms with E-state index in [2.05, 4.69) is 323 Å². The second kappa shape index (κ2) is 19.5. The molecule has 0 saturated carbocycles. The summed E-state index contributed by atoms with van der Waals surface area (Å²) >= 11 is 0. The third kappa shape index (κ3) is 9.33. The molecule has 0 aliphatic carbocycles. The van der Waals surface area contributed by atoms with Crippen LogP contribution in [0.4, 0.5) is 17.1 Å². The first-order chi connectivity index (χ1) is 39.2. The van der Waals surface area contributed by atoms with Crippen LogP contribution < -0.4 is 4.90 Å². The predicted octanol–water partition coefficient (Wildman–Crippen LogP) is 23.0. The number of nitrogens with zero attached hydrogens (tertiary/aromatic N) is 2. The summed E-state index contributed by atoms with van der Waals surface area (Å²) in [7, 11) is 0. The molecule has 2 heteroatoms. The van der Waals surface area contributed by atoms with Crippen molar-refractivity contribution < 1.29 is 0 Å². The molecule has 0 aliphatic rings. The molecule has 2 nitrogen and oxygen atoms in total. The Morgan fingerprint density at radius 1 is 0.293 bits per heavy atom.